The van der Waals surface area contributed by atoms with Crippen LogP contribution in [0.5, 0.6) is 0 Å². The molecule has 1 aromatic carbocycles. The van der Waals surface area contributed by atoms with Crippen LogP contribution in [0.15, 0.2) is 48.8 Å². The molecule has 3 nitrogen and oxygen atoms in total. The van der Waals surface area contributed by atoms with Crippen molar-refractivity contribution in [3.63, 3.8) is 0 Å². The van der Waals surface area contributed by atoms with Crippen molar-refractivity contribution in [3.8, 4) is 0 Å². The monoisotopic (exact) mass is 283 g/mol. The van der Waals surface area contributed by atoms with E-state index in [9.17, 15) is 0 Å². The Balaban J connectivity index is 1.90. The number of aromatic nitrogens is 1. The molecule has 1 N–H and O–H groups in total. The zero-order chi connectivity index (χ0) is 15.1. The number of hydrogen-bond acceptors (Lipinski definition) is 3. The number of nitrogens with one attached hydrogen (secondary N) is 1. The van der Waals surface area contributed by atoms with Crippen molar-refractivity contribution in [1.29, 1.82) is 0 Å². The van der Waals surface area contributed by atoms with Gasteiger partial charge in [-0.15, -0.1) is 0 Å². The molecule has 0 aliphatic carbocycles. The molecule has 21 heavy (non-hydrogen) atoms. The summed E-state index contributed by atoms with van der Waals surface area (Å²) in [7, 11) is 4.20. The second-order valence-electron chi connectivity index (χ2n) is 5.59. The maximum Gasteiger partial charge on any atom is 0.0332 e. The fraction of sp³-hybridized carbons (Fsp3) is 0.389. The van der Waals surface area contributed by atoms with Gasteiger partial charge in [0, 0.05) is 25.0 Å². The van der Waals surface area contributed by atoms with Crippen LogP contribution in [0.25, 0.3) is 0 Å². The van der Waals surface area contributed by atoms with Crippen LogP contribution >= 0.6 is 0 Å². The Morgan fingerprint density at radius 3 is 2.67 bits per heavy atom. The first-order chi connectivity index (χ1) is 10.2. The second kappa shape index (κ2) is 7.91. The van der Waals surface area contributed by atoms with Crippen LogP contribution in [0.2, 0.25) is 0 Å². The van der Waals surface area contributed by atoms with E-state index in [1.807, 2.05) is 25.5 Å². The molecule has 1 heterocycles. The first-order valence-electron chi connectivity index (χ1n) is 7.51. The van der Waals surface area contributed by atoms with Gasteiger partial charge in [-0.3, -0.25) is 4.98 Å². The fourth-order valence-corrected chi connectivity index (χ4v) is 2.66. The highest BCUT2D eigenvalue weighted by atomic mass is 15.1. The molecule has 0 bridgehead atoms. The van der Waals surface area contributed by atoms with Crippen LogP contribution in [-0.4, -0.2) is 30.5 Å². The van der Waals surface area contributed by atoms with Crippen LogP contribution in [0.3, 0.4) is 0 Å². The number of aryl methyl sites for hydroxylation is 1. The zero-order valence-corrected chi connectivity index (χ0v) is 13.2. The van der Waals surface area contributed by atoms with E-state index >= 15 is 0 Å². The standard InChI is InChI=1S/C18H25N3/c1-15-7-4-5-9-17(15)18(19-2)10-12-21(3)14-16-8-6-11-20-13-16/h4-9,11,13,18-19H,10,12,14H2,1-3H3. The minimum atomic E-state index is 0.405. The van der Waals surface area contributed by atoms with Crippen LogP contribution in [0, 0.1) is 6.92 Å². The Morgan fingerprint density at radius 2 is 2.00 bits per heavy atom. The highest BCUT2D eigenvalue weighted by molar-refractivity contribution is 5.28. The van der Waals surface area contributed by atoms with E-state index in [1.165, 1.54) is 16.7 Å². The fourth-order valence-electron chi connectivity index (χ4n) is 2.66. The molecule has 0 spiro atoms. The van der Waals surface area contributed by atoms with Gasteiger partial charge in [0.05, 0.1) is 0 Å². The third-order valence-electron chi connectivity index (χ3n) is 3.89. The topological polar surface area (TPSA) is 28.2 Å². The van der Waals surface area contributed by atoms with E-state index in [0.717, 1.165) is 19.5 Å². The lowest BCUT2D eigenvalue weighted by Gasteiger charge is -2.23. The van der Waals surface area contributed by atoms with Gasteiger partial charge in [0.1, 0.15) is 0 Å². The molecule has 0 saturated carbocycles. The molecule has 0 fully saturated rings. The smallest absolute Gasteiger partial charge is 0.0332 e. The molecule has 2 aromatic rings. The molecule has 0 saturated heterocycles. The largest absolute Gasteiger partial charge is 0.313 e. The summed E-state index contributed by atoms with van der Waals surface area (Å²) in [5.74, 6) is 0. The lowest BCUT2D eigenvalue weighted by atomic mass is 9.99. The third kappa shape index (κ3) is 4.66. The lowest BCUT2D eigenvalue weighted by Crippen LogP contribution is -2.25. The van der Waals surface area contributed by atoms with Crippen molar-refractivity contribution >= 4 is 0 Å². The number of pyridine rings is 1. The van der Waals surface area contributed by atoms with Gasteiger partial charge in [0.2, 0.25) is 0 Å². The summed E-state index contributed by atoms with van der Waals surface area (Å²) in [5, 5.41) is 3.44. The Hall–Kier alpha value is -1.71. The van der Waals surface area contributed by atoms with E-state index < -0.39 is 0 Å². The molecule has 1 atom stereocenters. The third-order valence-corrected chi connectivity index (χ3v) is 3.89. The maximum absolute atomic E-state index is 4.17. The number of nitrogens with zero attached hydrogens (tertiary/aromatic N) is 2. The summed E-state index contributed by atoms with van der Waals surface area (Å²) in [6, 6.07) is 13.1. The zero-order valence-electron chi connectivity index (χ0n) is 13.2. The molecule has 1 unspecified atom stereocenters. The van der Waals surface area contributed by atoms with Gasteiger partial charge in [-0.2, -0.15) is 0 Å². The molecular formula is C18H25N3. The van der Waals surface area contributed by atoms with Crippen molar-refractivity contribution < 1.29 is 0 Å². The Kier molecular flexibility index (Phi) is 5.90. The van der Waals surface area contributed by atoms with Gasteiger partial charge >= 0.3 is 0 Å². The molecular weight excluding hydrogens is 258 g/mol. The highest BCUT2D eigenvalue weighted by Crippen LogP contribution is 2.20. The van der Waals surface area contributed by atoms with Crippen molar-refractivity contribution in [2.45, 2.75) is 25.9 Å². The van der Waals surface area contributed by atoms with E-state index in [1.54, 1.807) is 0 Å². The number of benzene rings is 1. The Morgan fingerprint density at radius 1 is 1.19 bits per heavy atom. The predicted octanol–water partition coefficient (Wildman–Crippen LogP) is 3.17. The number of rotatable bonds is 7. The van der Waals surface area contributed by atoms with Crippen molar-refractivity contribution in [2.24, 2.45) is 0 Å². The molecule has 112 valence electrons. The second-order valence-corrected chi connectivity index (χ2v) is 5.59. The van der Waals surface area contributed by atoms with Crippen LogP contribution in [-0.2, 0) is 6.54 Å². The minimum absolute atomic E-state index is 0.405. The van der Waals surface area contributed by atoms with Crippen LogP contribution in [0.4, 0.5) is 0 Å². The Bertz CT molecular complexity index is 539. The first-order valence-corrected chi connectivity index (χ1v) is 7.51. The van der Waals surface area contributed by atoms with E-state index in [-0.39, 0.29) is 0 Å². The molecule has 3 heteroatoms. The number of hydrogen-bond donors (Lipinski definition) is 1. The molecule has 2 rings (SSSR count). The van der Waals surface area contributed by atoms with Gasteiger partial charge in [-0.25, -0.2) is 0 Å². The van der Waals surface area contributed by atoms with Gasteiger partial charge in [-0.05, 0) is 56.7 Å². The summed E-state index contributed by atoms with van der Waals surface area (Å²) < 4.78 is 0. The summed E-state index contributed by atoms with van der Waals surface area (Å²) in [6.45, 7) is 4.17. The van der Waals surface area contributed by atoms with Gasteiger partial charge in [0.15, 0.2) is 0 Å². The maximum atomic E-state index is 4.17. The van der Waals surface area contributed by atoms with Gasteiger partial charge in [-0.1, -0.05) is 30.3 Å². The summed E-state index contributed by atoms with van der Waals surface area (Å²) in [4.78, 5) is 6.52. The molecule has 0 aliphatic heterocycles. The summed E-state index contributed by atoms with van der Waals surface area (Å²) >= 11 is 0. The van der Waals surface area contributed by atoms with E-state index in [0.29, 0.717) is 6.04 Å². The van der Waals surface area contributed by atoms with Gasteiger partial charge < -0.3 is 10.2 Å². The minimum Gasteiger partial charge on any atom is -0.313 e. The highest BCUT2D eigenvalue weighted by Gasteiger charge is 2.12. The average molecular weight is 283 g/mol. The molecule has 0 aliphatic rings. The summed E-state index contributed by atoms with van der Waals surface area (Å²) in [6.07, 6.45) is 4.85. The van der Waals surface area contributed by atoms with Gasteiger partial charge in [0.25, 0.3) is 0 Å². The van der Waals surface area contributed by atoms with Crippen LogP contribution < -0.4 is 5.32 Å². The normalized spacial score (nSPS) is 12.6. The van der Waals surface area contributed by atoms with Crippen molar-refractivity contribution in [3.05, 3.63) is 65.5 Å². The van der Waals surface area contributed by atoms with Crippen LogP contribution in [0.1, 0.15) is 29.2 Å². The SMILES string of the molecule is CNC(CCN(C)Cc1cccnc1)c1ccccc1C. The van der Waals surface area contributed by atoms with E-state index in [2.05, 4.69) is 59.5 Å². The summed E-state index contributed by atoms with van der Waals surface area (Å²) in [5.41, 5.74) is 4.01. The quantitative estimate of drug-likeness (QED) is 0.846. The first kappa shape index (κ1) is 15.7. The lowest BCUT2D eigenvalue weighted by molar-refractivity contribution is 0.303. The van der Waals surface area contributed by atoms with E-state index in [4.69, 9.17) is 0 Å². The molecule has 0 radical (unpaired) electrons. The van der Waals surface area contributed by atoms with Crippen molar-refractivity contribution in [1.82, 2.24) is 15.2 Å². The molecule has 0 amide bonds. The Labute approximate surface area is 128 Å². The van der Waals surface area contributed by atoms with Crippen molar-refractivity contribution in [2.75, 3.05) is 20.6 Å². The molecule has 1 aromatic heterocycles. The predicted molar refractivity (Wildman–Crippen MR) is 88.2 cm³/mol. The average Bonchev–Trinajstić information content (AvgIpc) is 2.50.